The van der Waals surface area contributed by atoms with Gasteiger partial charge in [-0.15, -0.1) is 0 Å². The summed E-state index contributed by atoms with van der Waals surface area (Å²) in [4.78, 5) is 4.11. The van der Waals surface area contributed by atoms with Gasteiger partial charge in [-0.2, -0.15) is 5.26 Å². The van der Waals surface area contributed by atoms with Crippen molar-refractivity contribution in [1.29, 1.82) is 5.26 Å². The fraction of sp³-hybridized carbons (Fsp3) is 0.538. The standard InChI is InChI=1S/C13H16N2O2/c1-16-11-5-3-6-12(8-11)17-13-7-2-4-10(9-14)15-13/h2,4,7,11-12H,3,5-6,8H2,1H3. The molecule has 1 saturated carbocycles. The molecule has 0 bridgehead atoms. The van der Waals surface area contributed by atoms with Crippen LogP contribution in [0.1, 0.15) is 31.4 Å². The molecule has 0 saturated heterocycles. The summed E-state index contributed by atoms with van der Waals surface area (Å²) in [6, 6.07) is 7.26. The maximum Gasteiger partial charge on any atom is 0.214 e. The largest absolute Gasteiger partial charge is 0.474 e. The fourth-order valence-electron chi connectivity index (χ4n) is 2.14. The summed E-state index contributed by atoms with van der Waals surface area (Å²) in [7, 11) is 1.74. The summed E-state index contributed by atoms with van der Waals surface area (Å²) in [5.74, 6) is 0.533. The first kappa shape index (κ1) is 11.9. The maximum absolute atomic E-state index is 8.76. The number of rotatable bonds is 3. The van der Waals surface area contributed by atoms with Gasteiger partial charge in [-0.25, -0.2) is 4.98 Å². The molecule has 0 spiro atoms. The van der Waals surface area contributed by atoms with Crippen LogP contribution in [0.25, 0.3) is 0 Å². The third kappa shape index (κ3) is 3.18. The average Bonchev–Trinajstić information content (AvgIpc) is 2.39. The highest BCUT2D eigenvalue weighted by molar-refractivity contribution is 5.24. The second-order valence-electron chi connectivity index (χ2n) is 4.24. The van der Waals surface area contributed by atoms with Gasteiger partial charge >= 0.3 is 0 Å². The van der Waals surface area contributed by atoms with E-state index in [0.29, 0.717) is 11.6 Å². The van der Waals surface area contributed by atoms with E-state index in [9.17, 15) is 0 Å². The van der Waals surface area contributed by atoms with E-state index in [0.717, 1.165) is 25.7 Å². The maximum atomic E-state index is 8.76. The van der Waals surface area contributed by atoms with Gasteiger partial charge in [0.05, 0.1) is 6.10 Å². The number of ether oxygens (including phenoxy) is 2. The second kappa shape index (κ2) is 5.65. The molecule has 0 aliphatic heterocycles. The summed E-state index contributed by atoms with van der Waals surface area (Å²) >= 11 is 0. The first-order valence-electron chi connectivity index (χ1n) is 5.88. The van der Waals surface area contributed by atoms with Crippen molar-refractivity contribution >= 4 is 0 Å². The van der Waals surface area contributed by atoms with Gasteiger partial charge in [-0.05, 0) is 25.3 Å². The van der Waals surface area contributed by atoms with Gasteiger partial charge in [0.2, 0.25) is 5.88 Å². The Kier molecular flexibility index (Phi) is 3.94. The van der Waals surface area contributed by atoms with E-state index < -0.39 is 0 Å². The monoisotopic (exact) mass is 232 g/mol. The Balaban J connectivity index is 1.98. The van der Waals surface area contributed by atoms with Crippen LogP contribution in [-0.2, 0) is 4.74 Å². The topological polar surface area (TPSA) is 55.1 Å². The van der Waals surface area contributed by atoms with Crippen molar-refractivity contribution in [2.24, 2.45) is 0 Å². The number of nitriles is 1. The highest BCUT2D eigenvalue weighted by Crippen LogP contribution is 2.24. The lowest BCUT2D eigenvalue weighted by Gasteiger charge is -2.28. The van der Waals surface area contributed by atoms with Gasteiger partial charge in [0, 0.05) is 19.6 Å². The van der Waals surface area contributed by atoms with Crippen molar-refractivity contribution in [2.45, 2.75) is 37.9 Å². The summed E-state index contributed by atoms with van der Waals surface area (Å²) in [6.07, 6.45) is 4.57. The lowest BCUT2D eigenvalue weighted by atomic mass is 9.95. The van der Waals surface area contributed by atoms with Gasteiger partial charge < -0.3 is 9.47 Å². The summed E-state index contributed by atoms with van der Waals surface area (Å²) in [6.45, 7) is 0. The normalized spacial score (nSPS) is 24.0. The highest BCUT2D eigenvalue weighted by Gasteiger charge is 2.23. The Morgan fingerprint density at radius 2 is 2.18 bits per heavy atom. The predicted molar refractivity (Wildman–Crippen MR) is 62.6 cm³/mol. The van der Waals surface area contributed by atoms with Crippen LogP contribution in [0.2, 0.25) is 0 Å². The van der Waals surface area contributed by atoms with Crippen LogP contribution in [0, 0.1) is 11.3 Å². The first-order chi connectivity index (χ1) is 8.31. The molecule has 1 aromatic heterocycles. The first-order valence-corrected chi connectivity index (χ1v) is 5.88. The minimum absolute atomic E-state index is 0.148. The van der Waals surface area contributed by atoms with E-state index in [4.69, 9.17) is 14.7 Å². The number of pyridine rings is 1. The van der Waals surface area contributed by atoms with Gasteiger partial charge in [-0.3, -0.25) is 0 Å². The number of methoxy groups -OCH3 is 1. The van der Waals surface area contributed by atoms with E-state index in [1.54, 1.807) is 25.3 Å². The highest BCUT2D eigenvalue weighted by atomic mass is 16.5. The molecule has 2 atom stereocenters. The zero-order chi connectivity index (χ0) is 12.1. The third-order valence-corrected chi connectivity index (χ3v) is 3.04. The minimum Gasteiger partial charge on any atom is -0.474 e. The Bertz CT molecular complexity index is 414. The zero-order valence-corrected chi connectivity index (χ0v) is 9.93. The molecule has 1 fully saturated rings. The summed E-state index contributed by atoms with van der Waals surface area (Å²) < 4.78 is 11.1. The summed E-state index contributed by atoms with van der Waals surface area (Å²) in [5, 5.41) is 8.76. The molecule has 4 heteroatoms. The van der Waals surface area contributed by atoms with Crippen LogP contribution < -0.4 is 4.74 Å². The zero-order valence-electron chi connectivity index (χ0n) is 9.93. The third-order valence-electron chi connectivity index (χ3n) is 3.04. The molecular formula is C13H16N2O2. The lowest BCUT2D eigenvalue weighted by molar-refractivity contribution is 0.0195. The molecular weight excluding hydrogens is 216 g/mol. The van der Waals surface area contributed by atoms with Crippen LogP contribution >= 0.6 is 0 Å². The van der Waals surface area contributed by atoms with Gasteiger partial charge in [0.25, 0.3) is 0 Å². The molecule has 90 valence electrons. The van der Waals surface area contributed by atoms with Crippen LogP contribution in [0.15, 0.2) is 18.2 Å². The molecule has 1 aromatic rings. The Morgan fingerprint density at radius 1 is 1.35 bits per heavy atom. The van der Waals surface area contributed by atoms with Crippen molar-refractivity contribution in [2.75, 3.05) is 7.11 Å². The van der Waals surface area contributed by atoms with Gasteiger partial charge in [-0.1, -0.05) is 6.07 Å². The van der Waals surface area contributed by atoms with E-state index in [-0.39, 0.29) is 12.2 Å². The minimum atomic E-state index is 0.148. The van der Waals surface area contributed by atoms with Crippen molar-refractivity contribution < 1.29 is 9.47 Å². The predicted octanol–water partition coefficient (Wildman–Crippen LogP) is 2.29. The molecule has 1 aliphatic carbocycles. The summed E-state index contributed by atoms with van der Waals surface area (Å²) in [5.41, 5.74) is 0.390. The van der Waals surface area contributed by atoms with E-state index in [1.165, 1.54) is 0 Å². The van der Waals surface area contributed by atoms with Crippen LogP contribution in [0.3, 0.4) is 0 Å². The molecule has 2 rings (SSSR count). The van der Waals surface area contributed by atoms with E-state index in [1.807, 2.05) is 6.07 Å². The molecule has 0 aromatic carbocycles. The SMILES string of the molecule is COC1CCCC(Oc2cccc(C#N)n2)C1. The van der Waals surface area contributed by atoms with Crippen molar-refractivity contribution in [1.82, 2.24) is 4.98 Å². The van der Waals surface area contributed by atoms with Crippen molar-refractivity contribution in [3.05, 3.63) is 23.9 Å². The molecule has 0 N–H and O–H groups in total. The number of nitrogens with zero attached hydrogens (tertiary/aromatic N) is 2. The Labute approximate surface area is 101 Å². The molecule has 4 nitrogen and oxygen atoms in total. The smallest absolute Gasteiger partial charge is 0.214 e. The van der Waals surface area contributed by atoms with Gasteiger partial charge in [0.15, 0.2) is 0 Å². The van der Waals surface area contributed by atoms with Gasteiger partial charge in [0.1, 0.15) is 17.9 Å². The molecule has 0 radical (unpaired) electrons. The molecule has 2 unspecified atom stereocenters. The van der Waals surface area contributed by atoms with Crippen LogP contribution in [-0.4, -0.2) is 24.3 Å². The Morgan fingerprint density at radius 3 is 2.94 bits per heavy atom. The molecule has 17 heavy (non-hydrogen) atoms. The quantitative estimate of drug-likeness (QED) is 0.802. The molecule has 0 amide bonds. The van der Waals surface area contributed by atoms with E-state index in [2.05, 4.69) is 4.98 Å². The lowest BCUT2D eigenvalue weighted by Crippen LogP contribution is -2.29. The number of hydrogen-bond acceptors (Lipinski definition) is 4. The average molecular weight is 232 g/mol. The second-order valence-corrected chi connectivity index (χ2v) is 4.24. The van der Waals surface area contributed by atoms with Crippen molar-refractivity contribution in [3.63, 3.8) is 0 Å². The fourth-order valence-corrected chi connectivity index (χ4v) is 2.14. The van der Waals surface area contributed by atoms with E-state index >= 15 is 0 Å². The van der Waals surface area contributed by atoms with Crippen LogP contribution in [0.4, 0.5) is 0 Å². The Hall–Kier alpha value is -1.60. The molecule has 1 heterocycles. The van der Waals surface area contributed by atoms with Crippen molar-refractivity contribution in [3.8, 4) is 11.9 Å². The van der Waals surface area contributed by atoms with Crippen LogP contribution in [0.5, 0.6) is 5.88 Å². The molecule has 1 aliphatic rings. The number of hydrogen-bond donors (Lipinski definition) is 0. The number of aromatic nitrogens is 1.